The van der Waals surface area contributed by atoms with Crippen molar-refractivity contribution in [3.05, 3.63) is 64.0 Å². The first kappa shape index (κ1) is 19.4. The van der Waals surface area contributed by atoms with Crippen molar-refractivity contribution in [2.24, 2.45) is 0 Å². The second-order valence-electron chi connectivity index (χ2n) is 5.42. The molecule has 5 nitrogen and oxygen atoms in total. The molecule has 0 saturated heterocycles. The van der Waals surface area contributed by atoms with Crippen LogP contribution in [0.3, 0.4) is 0 Å². The predicted molar refractivity (Wildman–Crippen MR) is 90.6 cm³/mol. The van der Waals surface area contributed by atoms with E-state index in [-0.39, 0.29) is 15.4 Å². The number of aromatic carboxylic acids is 1. The Kier molecular flexibility index (Phi) is 4.55. The van der Waals surface area contributed by atoms with Gasteiger partial charge in [0, 0.05) is 5.39 Å². The van der Waals surface area contributed by atoms with Gasteiger partial charge in [-0.15, -0.1) is 0 Å². The van der Waals surface area contributed by atoms with Crippen molar-refractivity contribution in [1.29, 1.82) is 0 Å². The normalized spacial score (nSPS) is 12.5. The number of hydrogen-bond acceptors (Lipinski definition) is 3. The molecule has 0 unspecified atom stereocenters. The van der Waals surface area contributed by atoms with Crippen molar-refractivity contribution in [3.63, 3.8) is 0 Å². The number of carboxylic acid groups (broad SMARTS) is 1. The summed E-state index contributed by atoms with van der Waals surface area (Å²) >= 11 is 2.94. The number of halogens is 5. The van der Waals surface area contributed by atoms with Gasteiger partial charge in [-0.3, -0.25) is 0 Å². The van der Waals surface area contributed by atoms with Crippen LogP contribution in [0.15, 0.2) is 51.8 Å². The molecule has 3 aromatic rings. The van der Waals surface area contributed by atoms with Crippen molar-refractivity contribution in [2.45, 2.75) is 11.1 Å². The Hall–Kier alpha value is -2.40. The minimum atomic E-state index is -4.79. The molecule has 0 aliphatic heterocycles. The van der Waals surface area contributed by atoms with Gasteiger partial charge in [0.2, 0.25) is 0 Å². The summed E-state index contributed by atoms with van der Waals surface area (Å²) in [5.41, 5.74) is -2.16. The van der Waals surface area contributed by atoms with Crippen molar-refractivity contribution in [3.8, 4) is 0 Å². The SMILES string of the molecule is O=C(O)c1c(Br)c2cc(F)ccc2n1S(=O)(=O)c1cccc(C(F)(F)F)c1. The van der Waals surface area contributed by atoms with Gasteiger partial charge in [-0.1, -0.05) is 6.07 Å². The van der Waals surface area contributed by atoms with Crippen LogP contribution in [0.4, 0.5) is 17.6 Å². The van der Waals surface area contributed by atoms with E-state index in [9.17, 15) is 35.9 Å². The minimum absolute atomic E-state index is 0.0528. The van der Waals surface area contributed by atoms with Gasteiger partial charge in [0.25, 0.3) is 10.0 Å². The Morgan fingerprint density at radius 2 is 1.78 bits per heavy atom. The molecule has 27 heavy (non-hydrogen) atoms. The number of fused-ring (bicyclic) bond motifs is 1. The maximum absolute atomic E-state index is 13.5. The van der Waals surface area contributed by atoms with Crippen LogP contribution < -0.4 is 0 Å². The van der Waals surface area contributed by atoms with E-state index in [1.807, 2.05) is 0 Å². The second kappa shape index (κ2) is 6.34. The lowest BCUT2D eigenvalue weighted by Gasteiger charge is -2.12. The van der Waals surface area contributed by atoms with E-state index in [0.717, 1.165) is 30.3 Å². The molecule has 142 valence electrons. The van der Waals surface area contributed by atoms with Gasteiger partial charge >= 0.3 is 12.1 Å². The van der Waals surface area contributed by atoms with Crippen molar-refractivity contribution < 1.29 is 35.9 Å². The summed E-state index contributed by atoms with van der Waals surface area (Å²) in [5, 5.41) is 9.37. The second-order valence-corrected chi connectivity index (χ2v) is 8.00. The number of hydrogen-bond donors (Lipinski definition) is 1. The molecule has 0 radical (unpaired) electrons. The van der Waals surface area contributed by atoms with Gasteiger partial charge in [-0.25, -0.2) is 21.6 Å². The fraction of sp³-hybridized carbons (Fsp3) is 0.0625. The lowest BCUT2D eigenvalue weighted by molar-refractivity contribution is -0.137. The quantitative estimate of drug-likeness (QED) is 0.577. The van der Waals surface area contributed by atoms with Crippen molar-refractivity contribution in [1.82, 2.24) is 3.97 Å². The Labute approximate surface area is 158 Å². The first-order valence-corrected chi connectivity index (χ1v) is 9.33. The summed E-state index contributed by atoms with van der Waals surface area (Å²) in [7, 11) is -4.73. The van der Waals surface area contributed by atoms with Crippen molar-refractivity contribution >= 4 is 42.8 Å². The largest absolute Gasteiger partial charge is 0.477 e. The Morgan fingerprint density at radius 3 is 2.37 bits per heavy atom. The van der Waals surface area contributed by atoms with Crippen LogP contribution in [-0.2, 0) is 16.2 Å². The zero-order valence-electron chi connectivity index (χ0n) is 13.0. The maximum Gasteiger partial charge on any atom is 0.416 e. The third-order valence-corrected chi connectivity index (χ3v) is 6.24. The zero-order chi connectivity index (χ0) is 20.1. The molecule has 0 aliphatic rings. The molecule has 2 aromatic carbocycles. The highest BCUT2D eigenvalue weighted by molar-refractivity contribution is 9.10. The van der Waals surface area contributed by atoms with Crippen LogP contribution in [0.5, 0.6) is 0 Å². The van der Waals surface area contributed by atoms with Crippen LogP contribution in [0, 0.1) is 5.82 Å². The third kappa shape index (κ3) is 3.21. The highest BCUT2D eigenvalue weighted by Crippen LogP contribution is 2.36. The van der Waals surface area contributed by atoms with Gasteiger partial charge in [-0.05, 0) is 52.3 Å². The standard InChI is InChI=1S/C16H8BrF4NO4S/c17-13-11-7-9(18)4-5-12(11)22(14(13)15(23)24)27(25,26)10-3-1-2-8(6-10)16(19,20)21/h1-7H,(H,23,24). The van der Waals surface area contributed by atoms with E-state index in [1.165, 1.54) is 0 Å². The smallest absolute Gasteiger partial charge is 0.416 e. The van der Waals surface area contributed by atoms with E-state index in [2.05, 4.69) is 15.9 Å². The summed E-state index contributed by atoms with van der Waals surface area (Å²) in [4.78, 5) is 10.9. The first-order chi connectivity index (χ1) is 12.4. The molecule has 0 bridgehead atoms. The molecule has 0 spiro atoms. The summed E-state index contributed by atoms with van der Waals surface area (Å²) < 4.78 is 78.4. The minimum Gasteiger partial charge on any atom is -0.477 e. The number of rotatable bonds is 3. The molecular formula is C16H8BrF4NO4S. The van der Waals surface area contributed by atoms with Gasteiger partial charge in [0.15, 0.2) is 5.69 Å². The highest BCUT2D eigenvalue weighted by atomic mass is 79.9. The highest BCUT2D eigenvalue weighted by Gasteiger charge is 2.34. The molecule has 11 heteroatoms. The Morgan fingerprint density at radius 1 is 1.11 bits per heavy atom. The van der Waals surface area contributed by atoms with Gasteiger partial charge in [0.05, 0.1) is 20.4 Å². The lowest BCUT2D eigenvalue weighted by atomic mass is 10.2. The molecule has 3 rings (SSSR count). The monoisotopic (exact) mass is 465 g/mol. The Bertz CT molecular complexity index is 1190. The number of aromatic nitrogens is 1. The molecule has 0 fully saturated rings. The molecule has 0 atom stereocenters. The lowest BCUT2D eigenvalue weighted by Crippen LogP contribution is -2.19. The van der Waals surface area contributed by atoms with Crippen LogP contribution >= 0.6 is 15.9 Å². The number of carbonyl (C=O) groups is 1. The number of nitrogens with zero attached hydrogens (tertiary/aromatic N) is 1. The van der Waals surface area contributed by atoms with E-state index in [4.69, 9.17) is 0 Å². The maximum atomic E-state index is 13.5. The summed E-state index contributed by atoms with van der Waals surface area (Å²) in [5.74, 6) is -2.40. The van der Waals surface area contributed by atoms with Crippen LogP contribution in [0.25, 0.3) is 10.9 Å². The topological polar surface area (TPSA) is 76.4 Å². The summed E-state index contributed by atoms with van der Waals surface area (Å²) in [6.45, 7) is 0. The average molecular weight is 466 g/mol. The summed E-state index contributed by atoms with van der Waals surface area (Å²) in [6, 6.07) is 5.78. The fourth-order valence-corrected chi connectivity index (χ4v) is 4.91. The van der Waals surface area contributed by atoms with E-state index in [0.29, 0.717) is 16.1 Å². The Balaban J connectivity index is 2.38. The fourth-order valence-electron chi connectivity index (χ4n) is 2.57. The van der Waals surface area contributed by atoms with Crippen LogP contribution in [0.1, 0.15) is 16.1 Å². The zero-order valence-corrected chi connectivity index (χ0v) is 15.4. The predicted octanol–water partition coefficient (Wildman–Crippen LogP) is 4.50. The first-order valence-electron chi connectivity index (χ1n) is 7.10. The van der Waals surface area contributed by atoms with Crippen molar-refractivity contribution in [2.75, 3.05) is 0 Å². The number of alkyl halides is 3. The molecule has 1 heterocycles. The molecule has 0 amide bonds. The number of carboxylic acids is 1. The molecule has 0 aliphatic carbocycles. The van der Waals surface area contributed by atoms with E-state index in [1.54, 1.807) is 0 Å². The molecular weight excluding hydrogens is 458 g/mol. The van der Waals surface area contributed by atoms with Gasteiger partial charge in [-0.2, -0.15) is 13.2 Å². The van der Waals surface area contributed by atoms with Gasteiger partial charge in [0.1, 0.15) is 5.82 Å². The molecule has 1 N–H and O–H groups in total. The summed E-state index contributed by atoms with van der Waals surface area (Å²) in [6.07, 6.45) is -4.79. The average Bonchev–Trinajstić information content (AvgIpc) is 2.87. The van der Waals surface area contributed by atoms with Crippen LogP contribution in [0.2, 0.25) is 0 Å². The molecule has 1 aromatic heterocycles. The van der Waals surface area contributed by atoms with E-state index >= 15 is 0 Å². The molecule has 0 saturated carbocycles. The van der Waals surface area contributed by atoms with E-state index < -0.39 is 44.1 Å². The van der Waals surface area contributed by atoms with Gasteiger partial charge < -0.3 is 5.11 Å². The number of benzene rings is 2. The van der Waals surface area contributed by atoms with Crippen LogP contribution in [-0.4, -0.2) is 23.5 Å². The third-order valence-electron chi connectivity index (χ3n) is 3.73.